The normalized spacial score (nSPS) is 15.6. The van der Waals surface area contributed by atoms with Crippen molar-refractivity contribution in [3.05, 3.63) is 42.2 Å². The smallest absolute Gasteiger partial charge is 0.219 e. The molecule has 1 saturated heterocycles. The minimum absolute atomic E-state index is 0.140. The monoisotopic (exact) mass is 340 g/mol. The van der Waals surface area contributed by atoms with Crippen LogP contribution < -0.4 is 5.32 Å². The Hall–Kier alpha value is -2.90. The average Bonchev–Trinajstić information content (AvgIpc) is 3.31. The van der Waals surface area contributed by atoms with Gasteiger partial charge in [0.1, 0.15) is 12.1 Å². The van der Waals surface area contributed by atoms with Gasteiger partial charge in [0.25, 0.3) is 0 Å². The van der Waals surface area contributed by atoms with E-state index in [1.807, 2.05) is 27.6 Å². The Balaban J connectivity index is 1.54. The Morgan fingerprint density at radius 2 is 2.24 bits per heavy atom. The molecule has 4 rings (SSSR count). The number of fused-ring (bicyclic) bond motifs is 1. The summed E-state index contributed by atoms with van der Waals surface area (Å²) in [6, 6.07) is 3.77. The molecule has 4 heterocycles. The minimum Gasteiger partial charge on any atom is -0.467 e. The molecule has 1 fully saturated rings. The lowest BCUT2D eigenvalue weighted by Gasteiger charge is -2.31. The van der Waals surface area contributed by atoms with Gasteiger partial charge in [-0.25, -0.2) is 4.98 Å². The zero-order valence-electron chi connectivity index (χ0n) is 14.1. The van der Waals surface area contributed by atoms with Crippen LogP contribution in [0, 0.1) is 0 Å². The highest BCUT2D eigenvalue weighted by Gasteiger charge is 2.25. The molecule has 0 spiro atoms. The molecule has 0 radical (unpaired) electrons. The van der Waals surface area contributed by atoms with Crippen LogP contribution in [0.1, 0.15) is 37.0 Å². The van der Waals surface area contributed by atoms with Crippen LogP contribution in [0.5, 0.6) is 0 Å². The summed E-state index contributed by atoms with van der Waals surface area (Å²) in [4.78, 5) is 17.9. The first kappa shape index (κ1) is 15.6. The van der Waals surface area contributed by atoms with Crippen LogP contribution in [0.15, 0.2) is 35.3 Å². The molecule has 8 nitrogen and oxygen atoms in total. The van der Waals surface area contributed by atoms with Crippen molar-refractivity contribution in [3.63, 3.8) is 0 Å². The SMILES string of the molecule is CC(=O)N1CCC(c2cnc(NCc3ccco3)n3cnnc23)CC1. The van der Waals surface area contributed by atoms with Gasteiger partial charge >= 0.3 is 0 Å². The lowest BCUT2D eigenvalue weighted by molar-refractivity contribution is -0.129. The number of piperidine rings is 1. The first-order valence-electron chi connectivity index (χ1n) is 8.43. The second-order valence-electron chi connectivity index (χ2n) is 6.27. The molecule has 25 heavy (non-hydrogen) atoms. The van der Waals surface area contributed by atoms with E-state index in [9.17, 15) is 4.79 Å². The number of amides is 1. The van der Waals surface area contributed by atoms with E-state index in [4.69, 9.17) is 4.42 Å². The summed E-state index contributed by atoms with van der Waals surface area (Å²) < 4.78 is 7.20. The third kappa shape index (κ3) is 3.07. The lowest BCUT2D eigenvalue weighted by Crippen LogP contribution is -2.36. The molecule has 0 saturated carbocycles. The van der Waals surface area contributed by atoms with E-state index >= 15 is 0 Å². The first-order valence-corrected chi connectivity index (χ1v) is 8.43. The number of nitrogens with one attached hydrogen (secondary N) is 1. The maximum absolute atomic E-state index is 11.5. The second-order valence-corrected chi connectivity index (χ2v) is 6.27. The average molecular weight is 340 g/mol. The van der Waals surface area contributed by atoms with Gasteiger partial charge in [-0.15, -0.1) is 10.2 Å². The Morgan fingerprint density at radius 1 is 1.40 bits per heavy atom. The predicted molar refractivity (Wildman–Crippen MR) is 91.0 cm³/mol. The van der Waals surface area contributed by atoms with Crippen LogP contribution in [0.2, 0.25) is 0 Å². The van der Waals surface area contributed by atoms with Crippen LogP contribution in [-0.2, 0) is 11.3 Å². The molecular formula is C17H20N6O2. The summed E-state index contributed by atoms with van der Waals surface area (Å²) in [6.45, 7) is 3.72. The number of likely N-dealkylation sites (tertiary alicyclic amines) is 1. The number of rotatable bonds is 4. The summed E-state index contributed by atoms with van der Waals surface area (Å²) in [6.07, 6.45) is 7.03. The summed E-state index contributed by atoms with van der Waals surface area (Å²) in [7, 11) is 0. The zero-order valence-corrected chi connectivity index (χ0v) is 14.1. The Morgan fingerprint density at radius 3 is 2.96 bits per heavy atom. The van der Waals surface area contributed by atoms with Crippen molar-refractivity contribution >= 4 is 17.5 Å². The lowest BCUT2D eigenvalue weighted by atomic mass is 9.91. The van der Waals surface area contributed by atoms with E-state index in [0.29, 0.717) is 18.4 Å². The van der Waals surface area contributed by atoms with Crippen molar-refractivity contribution in [2.24, 2.45) is 0 Å². The van der Waals surface area contributed by atoms with E-state index in [2.05, 4.69) is 20.5 Å². The topological polar surface area (TPSA) is 88.6 Å². The fraction of sp³-hybridized carbons (Fsp3) is 0.412. The maximum atomic E-state index is 11.5. The van der Waals surface area contributed by atoms with E-state index < -0.39 is 0 Å². The molecule has 130 valence electrons. The van der Waals surface area contributed by atoms with Crippen molar-refractivity contribution in [3.8, 4) is 0 Å². The quantitative estimate of drug-likeness (QED) is 0.782. The number of nitrogens with zero attached hydrogens (tertiary/aromatic N) is 5. The fourth-order valence-corrected chi connectivity index (χ4v) is 3.34. The van der Waals surface area contributed by atoms with Crippen LogP contribution in [0.4, 0.5) is 5.95 Å². The third-order valence-corrected chi connectivity index (χ3v) is 4.74. The number of anilines is 1. The number of aromatic nitrogens is 4. The van der Waals surface area contributed by atoms with Gasteiger partial charge in [-0.1, -0.05) is 0 Å². The summed E-state index contributed by atoms with van der Waals surface area (Å²) in [5.74, 6) is 2.00. The van der Waals surface area contributed by atoms with E-state index in [-0.39, 0.29) is 5.91 Å². The molecule has 3 aromatic rings. The van der Waals surface area contributed by atoms with Crippen LogP contribution in [0.3, 0.4) is 0 Å². The van der Waals surface area contributed by atoms with Gasteiger partial charge in [0, 0.05) is 31.8 Å². The van der Waals surface area contributed by atoms with E-state index in [1.165, 1.54) is 0 Å². The molecule has 0 atom stereocenters. The highest BCUT2D eigenvalue weighted by atomic mass is 16.3. The Kier molecular flexibility index (Phi) is 4.09. The molecule has 1 aliphatic rings. The molecule has 0 unspecified atom stereocenters. The number of hydrogen-bond donors (Lipinski definition) is 1. The minimum atomic E-state index is 0.140. The fourth-order valence-electron chi connectivity index (χ4n) is 3.34. The summed E-state index contributed by atoms with van der Waals surface area (Å²) >= 11 is 0. The number of furan rings is 1. The van der Waals surface area contributed by atoms with Crippen LogP contribution in [0.25, 0.3) is 5.65 Å². The molecule has 3 aromatic heterocycles. The molecule has 1 N–H and O–H groups in total. The molecule has 0 aromatic carbocycles. The van der Waals surface area contributed by atoms with Gasteiger partial charge in [0.05, 0.1) is 12.8 Å². The molecule has 1 aliphatic heterocycles. The standard InChI is InChI=1S/C17H20N6O2/c1-12(24)22-6-4-13(5-7-22)15-10-19-17(23-11-20-21-16(15)23)18-9-14-3-2-8-25-14/h2-3,8,10-11,13H,4-7,9H2,1H3,(H,18,19). The summed E-state index contributed by atoms with van der Waals surface area (Å²) in [5.41, 5.74) is 1.91. The van der Waals surface area contributed by atoms with Crippen molar-refractivity contribution in [2.75, 3.05) is 18.4 Å². The second kappa shape index (κ2) is 6.54. The Bertz CT molecular complexity index is 865. The van der Waals surface area contributed by atoms with Crippen molar-refractivity contribution in [2.45, 2.75) is 32.2 Å². The van der Waals surface area contributed by atoms with Crippen LogP contribution >= 0.6 is 0 Å². The molecule has 8 heteroatoms. The first-order chi connectivity index (χ1) is 12.2. The van der Waals surface area contributed by atoms with E-state index in [0.717, 1.165) is 42.9 Å². The van der Waals surface area contributed by atoms with Crippen molar-refractivity contribution in [1.29, 1.82) is 0 Å². The van der Waals surface area contributed by atoms with Gasteiger partial charge in [0.15, 0.2) is 5.65 Å². The zero-order chi connectivity index (χ0) is 17.2. The number of carbonyl (C=O) groups is 1. The van der Waals surface area contributed by atoms with E-state index in [1.54, 1.807) is 19.5 Å². The van der Waals surface area contributed by atoms with Crippen molar-refractivity contribution in [1.82, 2.24) is 24.5 Å². The molecular weight excluding hydrogens is 320 g/mol. The Labute approximate surface area is 144 Å². The number of hydrogen-bond acceptors (Lipinski definition) is 6. The highest BCUT2D eigenvalue weighted by Crippen LogP contribution is 2.30. The van der Waals surface area contributed by atoms with Gasteiger partial charge in [-0.05, 0) is 30.9 Å². The molecule has 0 bridgehead atoms. The van der Waals surface area contributed by atoms with Gasteiger partial charge < -0.3 is 14.6 Å². The highest BCUT2D eigenvalue weighted by molar-refractivity contribution is 5.73. The van der Waals surface area contributed by atoms with Gasteiger partial charge in [0.2, 0.25) is 11.9 Å². The third-order valence-electron chi connectivity index (χ3n) is 4.74. The van der Waals surface area contributed by atoms with Gasteiger partial charge in [-0.3, -0.25) is 9.20 Å². The molecule has 0 aliphatic carbocycles. The molecule has 1 amide bonds. The summed E-state index contributed by atoms with van der Waals surface area (Å²) in [5, 5.41) is 11.6. The maximum Gasteiger partial charge on any atom is 0.219 e. The predicted octanol–water partition coefficient (Wildman–Crippen LogP) is 2.06. The van der Waals surface area contributed by atoms with Gasteiger partial charge in [-0.2, -0.15) is 0 Å². The number of carbonyl (C=O) groups excluding carboxylic acids is 1. The largest absolute Gasteiger partial charge is 0.467 e. The van der Waals surface area contributed by atoms with Crippen LogP contribution in [-0.4, -0.2) is 43.5 Å². The van der Waals surface area contributed by atoms with Crippen molar-refractivity contribution < 1.29 is 9.21 Å².